The van der Waals surface area contributed by atoms with E-state index in [4.69, 9.17) is 0 Å². The number of fused-ring (bicyclic) bond motifs is 4. The molecular weight excluding hydrogens is 644 g/mol. The van der Waals surface area contributed by atoms with Crippen molar-refractivity contribution in [1.82, 2.24) is 0 Å². The van der Waals surface area contributed by atoms with Gasteiger partial charge in [0.15, 0.2) is 0 Å². The minimum atomic E-state index is -1.35. The van der Waals surface area contributed by atoms with Crippen molar-refractivity contribution < 1.29 is 39.3 Å². The van der Waals surface area contributed by atoms with Gasteiger partial charge in [-0.15, -0.1) is 0 Å². The molecule has 3 fully saturated rings. The number of anilines is 2. The van der Waals surface area contributed by atoms with Gasteiger partial charge in [0.2, 0.25) is 23.6 Å². The van der Waals surface area contributed by atoms with Gasteiger partial charge in [-0.05, 0) is 68.1 Å². The molecule has 0 bridgehead atoms. The normalized spacial score (nSPS) is 28.9. The van der Waals surface area contributed by atoms with Crippen LogP contribution in [0.3, 0.4) is 0 Å². The van der Waals surface area contributed by atoms with E-state index in [1.54, 1.807) is 49.4 Å². The van der Waals surface area contributed by atoms with Gasteiger partial charge in [0.05, 0.1) is 34.5 Å². The van der Waals surface area contributed by atoms with Crippen LogP contribution in [0.2, 0.25) is 0 Å². The highest BCUT2D eigenvalue weighted by atomic mass is 79.9. The molecule has 228 valence electrons. The highest BCUT2D eigenvalue weighted by molar-refractivity contribution is 9.10. The minimum absolute atomic E-state index is 0.0488. The molecule has 3 aromatic carbocycles. The van der Waals surface area contributed by atoms with Crippen molar-refractivity contribution in [1.29, 1.82) is 0 Å². The van der Waals surface area contributed by atoms with Crippen LogP contribution in [-0.2, 0) is 19.2 Å². The van der Waals surface area contributed by atoms with Gasteiger partial charge >= 0.3 is 5.97 Å². The van der Waals surface area contributed by atoms with E-state index in [9.17, 15) is 39.3 Å². The largest absolute Gasteiger partial charge is 0.508 e. The molecule has 4 aliphatic rings. The van der Waals surface area contributed by atoms with E-state index in [2.05, 4.69) is 15.9 Å². The van der Waals surface area contributed by atoms with Crippen molar-refractivity contribution in [3.8, 4) is 11.5 Å². The fourth-order valence-electron chi connectivity index (χ4n) is 8.03. The van der Waals surface area contributed by atoms with Crippen LogP contribution in [0.1, 0.15) is 41.6 Å². The second kappa shape index (κ2) is 10.1. The van der Waals surface area contributed by atoms with Gasteiger partial charge in [-0.3, -0.25) is 19.2 Å². The molecule has 2 aliphatic heterocycles. The maximum atomic E-state index is 14.4. The number of aromatic carboxylic acids is 1. The number of nitrogens with zero attached hydrogens (tertiary/aromatic N) is 2. The third-order valence-corrected chi connectivity index (χ3v) is 10.6. The SMILES string of the molecule is C[C@@]12C(=O)N(c3ccccc3)C(=O)[C@@H]1C[C@@H]1C(=CC[C@@H]3C(=O)N(c4ccc(C(=O)O)c(O)c4)C(=O)[C@@H]31)[C@@H]2c1cc(Br)ccc1O. The molecule has 0 unspecified atom stereocenters. The van der Waals surface area contributed by atoms with Gasteiger partial charge in [-0.25, -0.2) is 14.6 Å². The highest BCUT2D eigenvalue weighted by Crippen LogP contribution is 2.64. The standard InChI is InChI=1S/C34H27BrN2O8/c1-34-24(30(41)37(33(34)45)17-5-3-2-4-6-17)15-22-19(28(34)23-13-16(35)7-12-25(23)38)10-11-21-27(22)31(42)36(29(21)40)18-8-9-20(32(43)44)26(39)14-18/h2-10,12-14,21-22,24,27-28,38-39H,11,15H2,1H3,(H,43,44)/t21-,22+,24-,27-,28+,34+/m0/s1. The molecule has 45 heavy (non-hydrogen) atoms. The monoisotopic (exact) mass is 670 g/mol. The molecule has 6 atom stereocenters. The first-order valence-electron chi connectivity index (χ1n) is 14.5. The molecule has 11 heteroatoms. The molecular formula is C34H27BrN2O8. The predicted molar refractivity (Wildman–Crippen MR) is 164 cm³/mol. The third-order valence-electron chi connectivity index (χ3n) is 10.1. The van der Waals surface area contributed by atoms with Gasteiger partial charge < -0.3 is 15.3 Å². The number of hydrogen-bond donors (Lipinski definition) is 3. The Morgan fingerprint density at radius 1 is 0.844 bits per heavy atom. The van der Waals surface area contributed by atoms with Crippen LogP contribution in [0.4, 0.5) is 11.4 Å². The molecule has 10 nitrogen and oxygen atoms in total. The minimum Gasteiger partial charge on any atom is -0.508 e. The summed E-state index contributed by atoms with van der Waals surface area (Å²) in [5, 5.41) is 30.8. The van der Waals surface area contributed by atoms with Crippen LogP contribution in [0.15, 0.2) is 82.9 Å². The molecule has 0 radical (unpaired) electrons. The number of rotatable bonds is 4. The van der Waals surface area contributed by atoms with Crippen molar-refractivity contribution in [2.24, 2.45) is 29.1 Å². The summed E-state index contributed by atoms with van der Waals surface area (Å²) in [5.74, 6) is -7.68. The van der Waals surface area contributed by atoms with Crippen molar-refractivity contribution in [3.63, 3.8) is 0 Å². The number of amides is 4. The number of carboxylic acid groups (broad SMARTS) is 1. The van der Waals surface area contributed by atoms with E-state index in [0.717, 1.165) is 17.0 Å². The number of phenolic OH excluding ortho intramolecular Hbond substituents is 1. The van der Waals surface area contributed by atoms with Crippen LogP contribution in [0.25, 0.3) is 0 Å². The maximum absolute atomic E-state index is 14.4. The molecule has 3 aromatic rings. The number of aromatic hydroxyl groups is 2. The second-order valence-electron chi connectivity index (χ2n) is 12.2. The zero-order valence-electron chi connectivity index (χ0n) is 23.9. The molecule has 4 amide bonds. The van der Waals surface area contributed by atoms with Gasteiger partial charge in [0.25, 0.3) is 0 Å². The summed E-state index contributed by atoms with van der Waals surface area (Å²) in [6, 6.07) is 17.1. The summed E-state index contributed by atoms with van der Waals surface area (Å²) in [7, 11) is 0. The van der Waals surface area contributed by atoms with E-state index in [0.29, 0.717) is 21.3 Å². The molecule has 1 saturated carbocycles. The fraction of sp³-hybridized carbons (Fsp3) is 0.265. The summed E-state index contributed by atoms with van der Waals surface area (Å²) in [6.45, 7) is 1.75. The van der Waals surface area contributed by atoms with Crippen molar-refractivity contribution in [2.45, 2.75) is 25.7 Å². The van der Waals surface area contributed by atoms with Crippen LogP contribution in [0, 0.1) is 29.1 Å². The summed E-state index contributed by atoms with van der Waals surface area (Å²) < 4.78 is 0.659. The average molecular weight is 672 g/mol. The lowest BCUT2D eigenvalue weighted by Gasteiger charge is -2.49. The first kappa shape index (κ1) is 29.0. The lowest BCUT2D eigenvalue weighted by atomic mass is 9.51. The summed E-state index contributed by atoms with van der Waals surface area (Å²) in [6.07, 6.45) is 2.20. The van der Waals surface area contributed by atoms with Crippen molar-refractivity contribution in [3.05, 3.63) is 94.0 Å². The maximum Gasteiger partial charge on any atom is 0.339 e. The number of carbonyl (C=O) groups excluding carboxylic acids is 4. The average Bonchev–Trinajstić information content (AvgIpc) is 3.38. The number of allylic oxidation sites excluding steroid dienone is 2. The van der Waals surface area contributed by atoms with Crippen LogP contribution < -0.4 is 9.80 Å². The molecule has 3 N–H and O–H groups in total. The summed E-state index contributed by atoms with van der Waals surface area (Å²) in [4.78, 5) is 70.1. The Morgan fingerprint density at radius 2 is 1.58 bits per heavy atom. The van der Waals surface area contributed by atoms with Gasteiger partial charge in [-0.1, -0.05) is 45.8 Å². The van der Waals surface area contributed by atoms with Gasteiger partial charge in [-0.2, -0.15) is 0 Å². The summed E-state index contributed by atoms with van der Waals surface area (Å²) >= 11 is 3.48. The molecule has 0 aromatic heterocycles. The Morgan fingerprint density at radius 3 is 2.27 bits per heavy atom. The fourth-order valence-corrected chi connectivity index (χ4v) is 8.41. The van der Waals surface area contributed by atoms with E-state index in [1.807, 2.05) is 6.08 Å². The lowest BCUT2D eigenvalue weighted by molar-refractivity contribution is -0.131. The predicted octanol–water partition coefficient (Wildman–Crippen LogP) is 4.99. The Labute approximate surface area is 265 Å². The molecule has 2 saturated heterocycles. The van der Waals surface area contributed by atoms with Gasteiger partial charge in [0, 0.05) is 22.0 Å². The Balaban J connectivity index is 1.36. The summed E-state index contributed by atoms with van der Waals surface area (Å²) in [5.41, 5.74) is -0.0401. The zero-order valence-corrected chi connectivity index (χ0v) is 25.5. The quantitative estimate of drug-likeness (QED) is 0.259. The van der Waals surface area contributed by atoms with E-state index < -0.39 is 70.4 Å². The first-order valence-corrected chi connectivity index (χ1v) is 15.3. The number of phenols is 2. The van der Waals surface area contributed by atoms with E-state index in [-0.39, 0.29) is 29.8 Å². The molecule has 7 rings (SSSR count). The Kier molecular flexibility index (Phi) is 6.52. The topological polar surface area (TPSA) is 153 Å². The molecule has 0 spiro atoms. The number of benzene rings is 3. The second-order valence-corrected chi connectivity index (χ2v) is 13.1. The first-order chi connectivity index (χ1) is 21.4. The molecule has 2 aliphatic carbocycles. The number of carbonyl (C=O) groups is 5. The van der Waals surface area contributed by atoms with Crippen LogP contribution >= 0.6 is 15.9 Å². The highest BCUT2D eigenvalue weighted by Gasteiger charge is 2.68. The Bertz CT molecular complexity index is 1870. The number of para-hydroxylation sites is 1. The number of carboxylic acids is 1. The van der Waals surface area contributed by atoms with Gasteiger partial charge in [0.1, 0.15) is 17.1 Å². The van der Waals surface area contributed by atoms with E-state index >= 15 is 0 Å². The zero-order chi connectivity index (χ0) is 31.9. The number of hydrogen-bond acceptors (Lipinski definition) is 7. The number of halogens is 1. The third kappa shape index (κ3) is 4.03. The van der Waals surface area contributed by atoms with Crippen LogP contribution in [0.5, 0.6) is 11.5 Å². The lowest BCUT2D eigenvalue weighted by Crippen LogP contribution is -2.48. The van der Waals surface area contributed by atoms with Crippen molar-refractivity contribution >= 4 is 56.9 Å². The van der Waals surface area contributed by atoms with Crippen molar-refractivity contribution in [2.75, 3.05) is 9.80 Å². The van der Waals surface area contributed by atoms with E-state index in [1.165, 1.54) is 17.0 Å². The number of imide groups is 2. The smallest absolute Gasteiger partial charge is 0.339 e. The Hall–Kier alpha value is -4.77. The molecule has 2 heterocycles. The van der Waals surface area contributed by atoms with Crippen LogP contribution in [-0.4, -0.2) is 44.9 Å².